The summed E-state index contributed by atoms with van der Waals surface area (Å²) in [4.78, 5) is 11.2. The van der Waals surface area contributed by atoms with Gasteiger partial charge in [0.2, 0.25) is 0 Å². The summed E-state index contributed by atoms with van der Waals surface area (Å²) >= 11 is 1.53. The predicted octanol–water partition coefficient (Wildman–Crippen LogP) is 2.11. The van der Waals surface area contributed by atoms with Gasteiger partial charge in [-0.2, -0.15) is 0 Å². The van der Waals surface area contributed by atoms with E-state index in [1.54, 1.807) is 0 Å². The molecule has 1 saturated carbocycles. The second-order valence-corrected chi connectivity index (χ2v) is 5.35. The van der Waals surface area contributed by atoms with Gasteiger partial charge in [0.1, 0.15) is 11.6 Å². The Bertz CT molecular complexity index is 372. The Hall–Kier alpha value is -1.01. The standard InChI is InChI=1S/C12H21N5S/c1-3-17(8-9-5-4-6-9)11-7-10(16-13)14-12(15-11)18-2/h7,9H,3-6,8,13H2,1-2H3,(H,14,15,16). The fraction of sp³-hybridized carbons (Fsp3) is 0.667. The SMILES string of the molecule is CCN(CC1CCC1)c1cc(NN)nc(SC)n1. The second-order valence-electron chi connectivity index (χ2n) is 4.58. The average molecular weight is 267 g/mol. The van der Waals surface area contributed by atoms with Crippen LogP contribution in [-0.2, 0) is 0 Å². The molecular weight excluding hydrogens is 246 g/mol. The first-order valence-corrected chi connectivity index (χ1v) is 7.64. The first kappa shape index (κ1) is 13.4. The molecule has 1 aliphatic rings. The van der Waals surface area contributed by atoms with Crippen LogP contribution >= 0.6 is 11.8 Å². The minimum atomic E-state index is 0.677. The summed E-state index contributed by atoms with van der Waals surface area (Å²) in [5, 5.41) is 0.757. The number of hydrogen-bond acceptors (Lipinski definition) is 6. The fourth-order valence-electron chi connectivity index (χ4n) is 2.11. The van der Waals surface area contributed by atoms with Crippen molar-refractivity contribution in [2.24, 2.45) is 11.8 Å². The van der Waals surface area contributed by atoms with Crippen LogP contribution in [0.3, 0.4) is 0 Å². The third-order valence-corrected chi connectivity index (χ3v) is 3.98. The highest BCUT2D eigenvalue weighted by molar-refractivity contribution is 7.98. The molecule has 18 heavy (non-hydrogen) atoms. The Morgan fingerprint density at radius 3 is 2.78 bits per heavy atom. The zero-order chi connectivity index (χ0) is 13.0. The number of hydrazine groups is 1. The molecule has 6 heteroatoms. The first-order chi connectivity index (χ1) is 8.76. The predicted molar refractivity (Wildman–Crippen MR) is 76.9 cm³/mol. The van der Waals surface area contributed by atoms with Gasteiger partial charge in [0.25, 0.3) is 0 Å². The number of thioether (sulfide) groups is 1. The lowest BCUT2D eigenvalue weighted by molar-refractivity contribution is 0.318. The van der Waals surface area contributed by atoms with Crippen LogP contribution in [-0.4, -0.2) is 29.3 Å². The lowest BCUT2D eigenvalue weighted by Gasteiger charge is -2.32. The van der Waals surface area contributed by atoms with E-state index >= 15 is 0 Å². The number of anilines is 2. The number of nitrogen functional groups attached to an aromatic ring is 1. The van der Waals surface area contributed by atoms with Gasteiger partial charge in [-0.15, -0.1) is 0 Å². The van der Waals surface area contributed by atoms with E-state index in [0.717, 1.165) is 30.0 Å². The highest BCUT2D eigenvalue weighted by Crippen LogP contribution is 2.29. The highest BCUT2D eigenvalue weighted by Gasteiger charge is 2.21. The third kappa shape index (κ3) is 3.05. The third-order valence-electron chi connectivity index (χ3n) is 3.43. The topological polar surface area (TPSA) is 67.1 Å². The Kier molecular flexibility index (Phi) is 4.66. The van der Waals surface area contributed by atoms with Crippen LogP contribution in [0.4, 0.5) is 11.6 Å². The molecule has 0 bridgehead atoms. The van der Waals surface area contributed by atoms with Gasteiger partial charge in [0.15, 0.2) is 5.16 Å². The van der Waals surface area contributed by atoms with Gasteiger partial charge in [0.05, 0.1) is 0 Å². The number of hydrogen-bond donors (Lipinski definition) is 2. The van der Waals surface area contributed by atoms with Gasteiger partial charge in [-0.1, -0.05) is 18.2 Å². The summed E-state index contributed by atoms with van der Waals surface area (Å²) in [6, 6.07) is 1.92. The molecule has 0 unspecified atom stereocenters. The van der Waals surface area contributed by atoms with Gasteiger partial charge >= 0.3 is 0 Å². The van der Waals surface area contributed by atoms with Crippen LogP contribution in [0.1, 0.15) is 26.2 Å². The van der Waals surface area contributed by atoms with Crippen LogP contribution in [0.15, 0.2) is 11.2 Å². The number of rotatable bonds is 6. The van der Waals surface area contributed by atoms with Crippen molar-refractivity contribution in [3.63, 3.8) is 0 Å². The van der Waals surface area contributed by atoms with Crippen LogP contribution in [0.5, 0.6) is 0 Å². The van der Waals surface area contributed by atoms with Crippen LogP contribution in [0.2, 0.25) is 0 Å². The van der Waals surface area contributed by atoms with E-state index in [4.69, 9.17) is 5.84 Å². The van der Waals surface area contributed by atoms with Crippen LogP contribution < -0.4 is 16.2 Å². The van der Waals surface area contributed by atoms with Crippen molar-refractivity contribution in [1.82, 2.24) is 9.97 Å². The molecule has 1 fully saturated rings. The van der Waals surface area contributed by atoms with E-state index in [0.29, 0.717) is 5.82 Å². The molecule has 1 heterocycles. The lowest BCUT2D eigenvalue weighted by atomic mass is 9.85. The van der Waals surface area contributed by atoms with Gasteiger partial charge in [-0.25, -0.2) is 15.8 Å². The maximum atomic E-state index is 5.45. The van der Waals surface area contributed by atoms with E-state index in [9.17, 15) is 0 Å². The Morgan fingerprint density at radius 1 is 1.50 bits per heavy atom. The monoisotopic (exact) mass is 267 g/mol. The Morgan fingerprint density at radius 2 is 2.28 bits per heavy atom. The van der Waals surface area contributed by atoms with Crippen molar-refractivity contribution in [2.45, 2.75) is 31.3 Å². The zero-order valence-corrected chi connectivity index (χ0v) is 11.8. The summed E-state index contributed by atoms with van der Waals surface area (Å²) in [6.07, 6.45) is 6.04. The molecule has 0 amide bonds. The maximum Gasteiger partial charge on any atom is 0.191 e. The van der Waals surface area contributed by atoms with E-state index in [2.05, 4.69) is 27.2 Å². The summed E-state index contributed by atoms with van der Waals surface area (Å²) in [5.74, 6) is 7.93. The first-order valence-electron chi connectivity index (χ1n) is 6.41. The molecule has 1 aromatic heterocycles. The molecule has 0 aromatic carbocycles. The van der Waals surface area contributed by atoms with Crippen molar-refractivity contribution >= 4 is 23.4 Å². The number of nitrogens with two attached hydrogens (primary N) is 1. The molecule has 0 spiro atoms. The maximum absolute atomic E-state index is 5.45. The molecule has 0 saturated heterocycles. The average Bonchev–Trinajstić information content (AvgIpc) is 2.37. The van der Waals surface area contributed by atoms with Crippen molar-refractivity contribution < 1.29 is 0 Å². The molecule has 3 N–H and O–H groups in total. The van der Waals surface area contributed by atoms with Crippen molar-refractivity contribution in [3.8, 4) is 0 Å². The molecule has 0 radical (unpaired) electrons. The highest BCUT2D eigenvalue weighted by atomic mass is 32.2. The molecule has 100 valence electrons. The Balaban J connectivity index is 2.16. The van der Waals surface area contributed by atoms with Crippen LogP contribution in [0.25, 0.3) is 0 Å². The fourth-order valence-corrected chi connectivity index (χ4v) is 2.49. The van der Waals surface area contributed by atoms with Crippen molar-refractivity contribution in [3.05, 3.63) is 6.07 Å². The van der Waals surface area contributed by atoms with Gasteiger partial charge < -0.3 is 10.3 Å². The van der Waals surface area contributed by atoms with Crippen molar-refractivity contribution in [1.29, 1.82) is 0 Å². The molecule has 0 aliphatic heterocycles. The molecule has 1 aliphatic carbocycles. The summed E-state index contributed by atoms with van der Waals surface area (Å²) < 4.78 is 0. The molecule has 0 atom stereocenters. The summed E-state index contributed by atoms with van der Waals surface area (Å²) in [7, 11) is 0. The molecule has 5 nitrogen and oxygen atoms in total. The number of nitrogens with zero attached hydrogens (tertiary/aromatic N) is 3. The number of nitrogens with one attached hydrogen (secondary N) is 1. The van der Waals surface area contributed by atoms with E-state index in [1.165, 1.54) is 31.0 Å². The Labute approximate surface area is 113 Å². The molecular formula is C12H21N5S. The van der Waals surface area contributed by atoms with Gasteiger partial charge in [-0.3, -0.25) is 0 Å². The van der Waals surface area contributed by atoms with E-state index in [1.807, 2.05) is 12.3 Å². The smallest absolute Gasteiger partial charge is 0.191 e. The zero-order valence-electron chi connectivity index (χ0n) is 11.0. The van der Waals surface area contributed by atoms with Crippen molar-refractivity contribution in [2.75, 3.05) is 29.7 Å². The van der Waals surface area contributed by atoms with Crippen LogP contribution in [0, 0.1) is 5.92 Å². The normalized spacial score (nSPS) is 15.3. The quantitative estimate of drug-likeness (QED) is 0.356. The largest absolute Gasteiger partial charge is 0.356 e. The summed E-state index contributed by atoms with van der Waals surface area (Å²) in [5.41, 5.74) is 2.61. The molecule has 1 aromatic rings. The lowest BCUT2D eigenvalue weighted by Crippen LogP contribution is -2.33. The minimum absolute atomic E-state index is 0.677. The van der Waals surface area contributed by atoms with E-state index < -0.39 is 0 Å². The van der Waals surface area contributed by atoms with Gasteiger partial charge in [0, 0.05) is 19.2 Å². The van der Waals surface area contributed by atoms with E-state index in [-0.39, 0.29) is 0 Å². The summed E-state index contributed by atoms with van der Waals surface area (Å²) in [6.45, 7) is 4.21. The van der Waals surface area contributed by atoms with Gasteiger partial charge in [-0.05, 0) is 31.9 Å². The minimum Gasteiger partial charge on any atom is -0.356 e. The number of aromatic nitrogens is 2. The second kappa shape index (κ2) is 6.24. The molecule has 2 rings (SSSR count).